The zero-order valence-corrected chi connectivity index (χ0v) is 10.2. The van der Waals surface area contributed by atoms with Crippen molar-refractivity contribution in [2.24, 2.45) is 5.92 Å². The largest absolute Gasteiger partial charge is 0.481 e. The van der Waals surface area contributed by atoms with E-state index >= 15 is 0 Å². The normalized spacial score (nSPS) is 19.4. The van der Waals surface area contributed by atoms with Crippen LogP contribution < -0.4 is 0 Å². The second-order valence-corrected chi connectivity index (χ2v) is 4.59. The highest BCUT2D eigenvalue weighted by atomic mass is 16.4. The fraction of sp³-hybridized carbons (Fsp3) is 0.583. The topological polar surface area (TPSA) is 75.4 Å². The number of likely N-dealkylation sites (tertiary alicyclic amines) is 1. The van der Waals surface area contributed by atoms with Crippen LogP contribution in [-0.2, 0) is 16.1 Å². The molecule has 1 amide bonds. The van der Waals surface area contributed by atoms with Crippen LogP contribution in [0.25, 0.3) is 0 Å². The van der Waals surface area contributed by atoms with Crippen LogP contribution in [-0.4, -0.2) is 44.5 Å². The number of hydrogen-bond donors (Lipinski definition) is 1. The Bertz CT molecular complexity index is 416. The number of aromatic nitrogens is 2. The summed E-state index contributed by atoms with van der Waals surface area (Å²) in [7, 11) is 0. The molecule has 0 aliphatic carbocycles. The van der Waals surface area contributed by atoms with Crippen molar-refractivity contribution in [3.05, 3.63) is 18.7 Å². The van der Waals surface area contributed by atoms with Crippen molar-refractivity contribution in [2.75, 3.05) is 13.1 Å². The molecule has 98 valence electrons. The predicted octanol–water partition coefficient (Wildman–Crippen LogP) is 0.596. The number of imidazole rings is 1. The molecule has 18 heavy (non-hydrogen) atoms. The van der Waals surface area contributed by atoms with Crippen LogP contribution in [0.2, 0.25) is 0 Å². The Morgan fingerprint density at radius 2 is 2.22 bits per heavy atom. The highest BCUT2D eigenvalue weighted by Crippen LogP contribution is 2.18. The standard InChI is InChI=1S/C12H17N3O3/c16-11-7-10(12(17)18)8-15(11)5-2-1-4-14-6-3-13-9-14/h3,6,9-10H,1-2,4-5,7-8H2,(H,17,18). The molecule has 0 radical (unpaired) electrons. The number of aryl methyl sites for hydroxylation is 1. The first kappa shape index (κ1) is 12.6. The zero-order chi connectivity index (χ0) is 13.0. The highest BCUT2D eigenvalue weighted by molar-refractivity contribution is 5.86. The molecule has 1 fully saturated rings. The van der Waals surface area contributed by atoms with Crippen molar-refractivity contribution in [1.29, 1.82) is 0 Å². The average Bonchev–Trinajstić information content (AvgIpc) is 2.94. The number of amides is 1. The van der Waals surface area contributed by atoms with E-state index in [0.29, 0.717) is 13.1 Å². The van der Waals surface area contributed by atoms with Crippen molar-refractivity contribution < 1.29 is 14.7 Å². The summed E-state index contributed by atoms with van der Waals surface area (Å²) in [6.45, 7) is 1.89. The highest BCUT2D eigenvalue weighted by Gasteiger charge is 2.33. The lowest BCUT2D eigenvalue weighted by Gasteiger charge is -2.15. The summed E-state index contributed by atoms with van der Waals surface area (Å²) in [5.41, 5.74) is 0. The number of nitrogens with zero attached hydrogens (tertiary/aromatic N) is 3. The maximum atomic E-state index is 11.6. The molecule has 1 aliphatic rings. The minimum Gasteiger partial charge on any atom is -0.481 e. The Labute approximate surface area is 105 Å². The first-order valence-electron chi connectivity index (χ1n) is 6.13. The summed E-state index contributed by atoms with van der Waals surface area (Å²) >= 11 is 0. The molecule has 1 unspecified atom stereocenters. The smallest absolute Gasteiger partial charge is 0.308 e. The maximum Gasteiger partial charge on any atom is 0.308 e. The van der Waals surface area contributed by atoms with Crippen LogP contribution in [0.5, 0.6) is 0 Å². The minimum absolute atomic E-state index is 0.0370. The van der Waals surface area contributed by atoms with E-state index in [-0.39, 0.29) is 12.3 Å². The van der Waals surface area contributed by atoms with Crippen molar-refractivity contribution in [3.63, 3.8) is 0 Å². The predicted molar refractivity (Wildman–Crippen MR) is 63.8 cm³/mol. The Morgan fingerprint density at radius 1 is 1.44 bits per heavy atom. The van der Waals surface area contributed by atoms with Gasteiger partial charge in [0.2, 0.25) is 5.91 Å². The van der Waals surface area contributed by atoms with Crippen molar-refractivity contribution in [1.82, 2.24) is 14.5 Å². The van der Waals surface area contributed by atoms with Gasteiger partial charge in [-0.1, -0.05) is 0 Å². The van der Waals surface area contributed by atoms with Gasteiger partial charge in [0.25, 0.3) is 0 Å². The van der Waals surface area contributed by atoms with Gasteiger partial charge in [-0.2, -0.15) is 0 Å². The molecule has 1 atom stereocenters. The summed E-state index contributed by atoms with van der Waals surface area (Å²) in [5, 5.41) is 8.86. The fourth-order valence-corrected chi connectivity index (χ4v) is 2.17. The lowest BCUT2D eigenvalue weighted by molar-refractivity contribution is -0.141. The lowest BCUT2D eigenvalue weighted by atomic mass is 10.1. The number of hydrogen-bond acceptors (Lipinski definition) is 3. The number of carbonyl (C=O) groups excluding carboxylic acids is 1. The zero-order valence-electron chi connectivity index (χ0n) is 10.2. The number of unbranched alkanes of at least 4 members (excludes halogenated alkanes) is 1. The molecule has 6 heteroatoms. The maximum absolute atomic E-state index is 11.6. The van der Waals surface area contributed by atoms with Gasteiger partial charge in [0.15, 0.2) is 0 Å². The van der Waals surface area contributed by atoms with Crippen LogP contribution in [0.1, 0.15) is 19.3 Å². The number of aliphatic carboxylic acids is 1. The van der Waals surface area contributed by atoms with Gasteiger partial charge in [-0.05, 0) is 12.8 Å². The number of carboxylic acid groups (broad SMARTS) is 1. The summed E-state index contributed by atoms with van der Waals surface area (Å²) in [5.74, 6) is -1.43. The van der Waals surface area contributed by atoms with E-state index in [9.17, 15) is 9.59 Å². The second-order valence-electron chi connectivity index (χ2n) is 4.59. The molecular formula is C12H17N3O3. The van der Waals surface area contributed by atoms with Gasteiger partial charge in [0, 0.05) is 38.4 Å². The molecule has 1 N–H and O–H groups in total. The molecule has 2 rings (SSSR count). The summed E-state index contributed by atoms with van der Waals surface area (Å²) in [6, 6.07) is 0. The quantitative estimate of drug-likeness (QED) is 0.751. The van der Waals surface area contributed by atoms with Gasteiger partial charge >= 0.3 is 5.97 Å². The van der Waals surface area contributed by atoms with Crippen LogP contribution in [0.4, 0.5) is 0 Å². The monoisotopic (exact) mass is 251 g/mol. The minimum atomic E-state index is -0.871. The molecule has 0 bridgehead atoms. The van der Waals surface area contributed by atoms with Gasteiger partial charge in [0.1, 0.15) is 0 Å². The summed E-state index contributed by atoms with van der Waals surface area (Å²) < 4.78 is 1.99. The lowest BCUT2D eigenvalue weighted by Crippen LogP contribution is -2.27. The third-order valence-electron chi connectivity index (χ3n) is 3.22. The van der Waals surface area contributed by atoms with Crippen molar-refractivity contribution in [2.45, 2.75) is 25.8 Å². The first-order valence-corrected chi connectivity index (χ1v) is 6.13. The number of rotatable bonds is 6. The molecule has 1 aliphatic heterocycles. The second kappa shape index (κ2) is 5.66. The van der Waals surface area contributed by atoms with E-state index < -0.39 is 11.9 Å². The third kappa shape index (κ3) is 3.09. The fourth-order valence-electron chi connectivity index (χ4n) is 2.17. The Morgan fingerprint density at radius 3 is 2.83 bits per heavy atom. The van der Waals surface area contributed by atoms with E-state index in [1.807, 2.05) is 10.8 Å². The van der Waals surface area contributed by atoms with Gasteiger partial charge in [-0.3, -0.25) is 9.59 Å². The molecule has 0 spiro atoms. The van der Waals surface area contributed by atoms with Crippen molar-refractivity contribution >= 4 is 11.9 Å². The molecule has 2 heterocycles. The van der Waals surface area contributed by atoms with E-state index in [4.69, 9.17) is 5.11 Å². The number of carbonyl (C=O) groups is 2. The SMILES string of the molecule is O=C(O)C1CC(=O)N(CCCCn2ccnc2)C1. The van der Waals surface area contributed by atoms with Crippen LogP contribution in [0.3, 0.4) is 0 Å². The molecule has 0 aromatic carbocycles. The van der Waals surface area contributed by atoms with Gasteiger partial charge in [0.05, 0.1) is 12.2 Å². The van der Waals surface area contributed by atoms with Gasteiger partial charge in [-0.15, -0.1) is 0 Å². The molecule has 1 aromatic heterocycles. The van der Waals surface area contributed by atoms with E-state index in [0.717, 1.165) is 19.4 Å². The van der Waals surface area contributed by atoms with Crippen LogP contribution in [0, 0.1) is 5.92 Å². The Hall–Kier alpha value is -1.85. The van der Waals surface area contributed by atoms with Gasteiger partial charge in [-0.25, -0.2) is 4.98 Å². The number of carboxylic acids is 1. The summed E-state index contributed by atoms with van der Waals surface area (Å²) in [4.78, 5) is 28.0. The molecule has 1 aromatic rings. The van der Waals surface area contributed by atoms with Gasteiger partial charge < -0.3 is 14.6 Å². The molecule has 6 nitrogen and oxygen atoms in total. The van der Waals surface area contributed by atoms with E-state index in [2.05, 4.69) is 4.98 Å². The van der Waals surface area contributed by atoms with Crippen LogP contribution in [0.15, 0.2) is 18.7 Å². The Kier molecular flexibility index (Phi) is 3.96. The Balaban J connectivity index is 1.68. The summed E-state index contributed by atoms with van der Waals surface area (Å²) in [6.07, 6.45) is 7.40. The first-order chi connectivity index (χ1) is 8.66. The molecule has 0 saturated carbocycles. The molecule has 1 saturated heterocycles. The third-order valence-corrected chi connectivity index (χ3v) is 3.22. The average molecular weight is 251 g/mol. The van der Waals surface area contributed by atoms with E-state index in [1.165, 1.54) is 0 Å². The van der Waals surface area contributed by atoms with Crippen LogP contribution >= 0.6 is 0 Å². The molecular weight excluding hydrogens is 234 g/mol. The van der Waals surface area contributed by atoms with E-state index in [1.54, 1.807) is 17.4 Å². The van der Waals surface area contributed by atoms with Crippen molar-refractivity contribution in [3.8, 4) is 0 Å².